The fourth-order valence-electron chi connectivity index (χ4n) is 13.4. The first-order chi connectivity index (χ1) is 35.6. The fourth-order valence-corrected chi connectivity index (χ4v) is 14.5. The first-order valence-corrected chi connectivity index (χ1v) is 27.0. The first kappa shape index (κ1) is 42.0. The van der Waals surface area contributed by atoms with Crippen LogP contribution in [0.2, 0.25) is 0 Å². The minimum absolute atomic E-state index is 0.0349. The summed E-state index contributed by atoms with van der Waals surface area (Å²) in [4.78, 5) is 7.35. The summed E-state index contributed by atoms with van der Waals surface area (Å²) < 4.78 is 30.4. The van der Waals surface area contributed by atoms with E-state index in [0.29, 0.717) is 5.56 Å². The second-order valence-corrected chi connectivity index (χ2v) is 25.2. The van der Waals surface area contributed by atoms with Gasteiger partial charge in [-0.15, -0.1) is 11.3 Å². The number of benzene rings is 8. The summed E-state index contributed by atoms with van der Waals surface area (Å²) >= 11 is 1.81. The van der Waals surface area contributed by atoms with E-state index in [0.717, 1.165) is 82.3 Å². The molecule has 0 saturated heterocycles. The number of fused-ring (bicyclic) bond motifs is 9. The number of para-hydroxylation sites is 2. The summed E-state index contributed by atoms with van der Waals surface area (Å²) in [5.41, 5.74) is 21.1. The summed E-state index contributed by atoms with van der Waals surface area (Å²) in [6.45, 7) is 21.1. The number of anilines is 9. The van der Waals surface area contributed by atoms with Crippen LogP contribution in [-0.4, -0.2) is 6.71 Å². The lowest BCUT2D eigenvalue weighted by molar-refractivity contribution is 0.332. The molecule has 72 heavy (non-hydrogen) atoms. The van der Waals surface area contributed by atoms with E-state index in [9.17, 15) is 4.11 Å². The number of rotatable bonds is 5. The minimum atomic E-state index is -2.40. The van der Waals surface area contributed by atoms with Gasteiger partial charge in [0.2, 0.25) is 0 Å². The van der Waals surface area contributed by atoms with Crippen LogP contribution < -0.4 is 31.1 Å². The van der Waals surface area contributed by atoms with E-state index in [4.69, 9.17) is 0 Å². The summed E-state index contributed by atoms with van der Waals surface area (Å²) in [5, 5.41) is 2.36. The Morgan fingerprint density at radius 1 is 0.486 bits per heavy atom. The summed E-state index contributed by atoms with van der Waals surface area (Å²) in [5.74, 6) is 0. The van der Waals surface area contributed by atoms with Crippen LogP contribution in [0.1, 0.15) is 124 Å². The van der Waals surface area contributed by atoms with Crippen molar-refractivity contribution in [2.24, 2.45) is 0 Å². The Labute approximate surface area is 436 Å². The number of hydrogen-bond acceptors (Lipinski definition) is 4. The highest BCUT2D eigenvalue weighted by Gasteiger charge is 2.47. The molecule has 1 aromatic heterocycles. The molecule has 2 aliphatic carbocycles. The van der Waals surface area contributed by atoms with Crippen LogP contribution in [0.3, 0.4) is 0 Å². The van der Waals surface area contributed by atoms with Gasteiger partial charge in [0.05, 0.1) is 5.69 Å². The molecule has 3 nitrogen and oxygen atoms in total. The number of nitrogens with zero attached hydrogens (tertiary/aromatic N) is 3. The Bertz CT molecular complexity index is 3810. The maximum atomic E-state index is 9.33. The van der Waals surface area contributed by atoms with E-state index in [-0.39, 0.29) is 28.4 Å². The van der Waals surface area contributed by atoms with Gasteiger partial charge in [0.25, 0.3) is 6.71 Å². The van der Waals surface area contributed by atoms with Gasteiger partial charge in [-0.05, 0) is 196 Å². The van der Waals surface area contributed by atoms with Crippen molar-refractivity contribution in [3.63, 3.8) is 0 Å². The van der Waals surface area contributed by atoms with Crippen molar-refractivity contribution in [3.8, 4) is 0 Å². The molecule has 0 bridgehead atoms. The Morgan fingerprint density at radius 2 is 1.06 bits per heavy atom. The molecule has 0 spiro atoms. The van der Waals surface area contributed by atoms with Crippen LogP contribution in [0, 0.1) is 20.7 Å². The molecule has 5 heteroatoms. The van der Waals surface area contributed by atoms with Crippen LogP contribution >= 0.6 is 11.3 Å². The quantitative estimate of drug-likeness (QED) is 0.159. The molecule has 0 atom stereocenters. The lowest BCUT2D eigenvalue weighted by Crippen LogP contribution is -2.62. The van der Waals surface area contributed by atoms with Gasteiger partial charge in [0.15, 0.2) is 0 Å². The van der Waals surface area contributed by atoms with Gasteiger partial charge < -0.3 is 14.7 Å². The standard InChI is InChI=1S/C67H66BN3S/c1-41-35-58-63-59(36-41)71(55-24-18-26-61-62(55)46-21-14-17-25-60(46)72-61)56-38-45(69(53-22-15-12-19-42(53)2)54-23-16-13-20-43(54)3)28-30-51(56)68(63)52-39-49-50(67(10,11)34-33-66(49,8)9)40-57(52)70(58)44-27-29-47-48(37-44)65(6,7)32-31-64(47,4)5/h12-30,35-40H,31-34H2,1-11H3/i1D3. The molecule has 358 valence electrons. The minimum Gasteiger partial charge on any atom is -0.311 e. The SMILES string of the molecule is [2H]C([2H])([2H])c1cc2c3c(c1)N(c1cccc4sc5ccccc5c14)c1cc(N(c4ccccc4C)c4ccccc4C)ccc1B3c1cc3c(cc1N2c1ccc2c(c1)C(C)(C)CCC2(C)C)C(C)(C)CCC3(C)C. The van der Waals surface area contributed by atoms with Gasteiger partial charge in [-0.2, -0.15) is 0 Å². The van der Waals surface area contributed by atoms with Gasteiger partial charge in [-0.25, -0.2) is 0 Å². The van der Waals surface area contributed by atoms with Crippen molar-refractivity contribution in [1.82, 2.24) is 0 Å². The predicted molar refractivity (Wildman–Crippen MR) is 313 cm³/mol. The number of thiophene rings is 1. The van der Waals surface area contributed by atoms with Crippen molar-refractivity contribution >= 4 is 106 Å². The molecule has 4 aliphatic rings. The average Bonchev–Trinajstić information content (AvgIpc) is 3.77. The molecule has 0 N–H and O–H groups in total. The van der Waals surface area contributed by atoms with E-state index in [1.165, 1.54) is 64.5 Å². The van der Waals surface area contributed by atoms with Crippen molar-refractivity contribution < 1.29 is 4.11 Å². The highest BCUT2D eigenvalue weighted by Crippen LogP contribution is 2.54. The molecule has 0 amide bonds. The zero-order valence-electron chi connectivity index (χ0n) is 46.6. The predicted octanol–water partition coefficient (Wildman–Crippen LogP) is 17.2. The molecule has 3 heterocycles. The molecule has 0 unspecified atom stereocenters. The lowest BCUT2D eigenvalue weighted by Gasteiger charge is -2.48. The maximum absolute atomic E-state index is 9.33. The topological polar surface area (TPSA) is 9.72 Å². The molecular formula is C67H66BN3S. The Morgan fingerprint density at radius 3 is 1.72 bits per heavy atom. The molecule has 13 rings (SSSR count). The third-order valence-electron chi connectivity index (χ3n) is 17.7. The largest absolute Gasteiger partial charge is 0.311 e. The third-order valence-corrected chi connectivity index (χ3v) is 18.8. The van der Waals surface area contributed by atoms with E-state index in [1.54, 1.807) is 0 Å². The van der Waals surface area contributed by atoms with Gasteiger partial charge in [-0.3, -0.25) is 0 Å². The van der Waals surface area contributed by atoms with Gasteiger partial charge in [0.1, 0.15) is 0 Å². The Kier molecular flexibility index (Phi) is 9.17. The third kappa shape index (κ3) is 6.68. The van der Waals surface area contributed by atoms with E-state index in [1.807, 2.05) is 23.5 Å². The lowest BCUT2D eigenvalue weighted by atomic mass is 9.33. The maximum Gasteiger partial charge on any atom is 0.252 e. The van der Waals surface area contributed by atoms with Gasteiger partial charge in [-0.1, -0.05) is 134 Å². The summed E-state index contributed by atoms with van der Waals surface area (Å²) in [6.07, 6.45) is 4.41. The Balaban J connectivity index is 1.18. The van der Waals surface area contributed by atoms with Crippen molar-refractivity contribution in [1.29, 1.82) is 0 Å². The highest BCUT2D eigenvalue weighted by molar-refractivity contribution is 7.26. The van der Waals surface area contributed by atoms with Crippen LogP contribution in [0.25, 0.3) is 20.2 Å². The Hall–Kier alpha value is -6.56. The number of aryl methyl sites for hydroxylation is 3. The average molecular weight is 959 g/mol. The van der Waals surface area contributed by atoms with Crippen molar-refractivity contribution in [3.05, 3.63) is 191 Å². The van der Waals surface area contributed by atoms with Crippen LogP contribution in [-0.2, 0) is 21.7 Å². The first-order valence-electron chi connectivity index (χ1n) is 27.7. The molecular weight excluding hydrogens is 890 g/mol. The summed E-state index contributed by atoms with van der Waals surface area (Å²) in [6, 6.07) is 56.3. The van der Waals surface area contributed by atoms with Crippen LogP contribution in [0.4, 0.5) is 51.2 Å². The monoisotopic (exact) mass is 959 g/mol. The fraction of sp³-hybridized carbons (Fsp3) is 0.284. The molecule has 0 saturated carbocycles. The van der Waals surface area contributed by atoms with Crippen molar-refractivity contribution in [2.45, 2.75) is 123 Å². The zero-order valence-corrected chi connectivity index (χ0v) is 44.4. The zero-order chi connectivity index (χ0) is 52.3. The highest BCUT2D eigenvalue weighted by atomic mass is 32.1. The summed E-state index contributed by atoms with van der Waals surface area (Å²) in [7, 11) is 0. The smallest absolute Gasteiger partial charge is 0.252 e. The van der Waals surface area contributed by atoms with E-state index < -0.39 is 6.85 Å². The number of hydrogen-bond donors (Lipinski definition) is 0. The van der Waals surface area contributed by atoms with E-state index in [2.05, 4.69) is 223 Å². The normalized spacial score (nSPS) is 18.3. The molecule has 9 aromatic rings. The van der Waals surface area contributed by atoms with Gasteiger partial charge >= 0.3 is 0 Å². The van der Waals surface area contributed by atoms with Crippen molar-refractivity contribution in [2.75, 3.05) is 14.7 Å². The molecule has 0 fully saturated rings. The van der Waals surface area contributed by atoms with Gasteiger partial charge in [0, 0.05) is 69.8 Å². The van der Waals surface area contributed by atoms with Crippen LogP contribution in [0.5, 0.6) is 0 Å². The molecule has 2 aliphatic heterocycles. The molecule has 8 aromatic carbocycles. The second-order valence-electron chi connectivity index (χ2n) is 24.2. The second kappa shape index (κ2) is 15.7. The van der Waals surface area contributed by atoms with E-state index >= 15 is 0 Å². The van der Waals surface area contributed by atoms with Crippen LogP contribution in [0.15, 0.2) is 152 Å². The molecule has 0 radical (unpaired) electrons.